The van der Waals surface area contributed by atoms with Crippen molar-refractivity contribution in [3.05, 3.63) is 0 Å². The number of likely N-dealkylation sites (N-methyl/N-ethyl adjacent to an activating group) is 1. The molecule has 0 aromatic heterocycles. The molecule has 1 unspecified atom stereocenters. The van der Waals surface area contributed by atoms with Crippen LogP contribution in [0.2, 0.25) is 0 Å². The van der Waals surface area contributed by atoms with Crippen molar-refractivity contribution < 1.29 is 0 Å². The van der Waals surface area contributed by atoms with Crippen molar-refractivity contribution >= 4 is 0 Å². The van der Waals surface area contributed by atoms with Gasteiger partial charge in [0, 0.05) is 12.6 Å². The largest absolute Gasteiger partial charge is 0.315 e. The van der Waals surface area contributed by atoms with E-state index < -0.39 is 0 Å². The van der Waals surface area contributed by atoms with Gasteiger partial charge in [-0.15, -0.1) is 0 Å². The van der Waals surface area contributed by atoms with Crippen LogP contribution in [0.1, 0.15) is 51.9 Å². The maximum absolute atomic E-state index is 3.48. The molecule has 2 rings (SSSR count). The first-order valence-electron chi connectivity index (χ1n) is 7.35. The Kier molecular flexibility index (Phi) is 5.11. The lowest BCUT2D eigenvalue weighted by Crippen LogP contribution is -2.38. The van der Waals surface area contributed by atoms with E-state index in [-0.39, 0.29) is 0 Å². The molecular formula is C14H28N2. The van der Waals surface area contributed by atoms with Crippen LogP contribution in [-0.4, -0.2) is 37.1 Å². The Balaban J connectivity index is 1.69. The third-order valence-electron chi connectivity index (χ3n) is 4.51. The topological polar surface area (TPSA) is 15.3 Å². The summed E-state index contributed by atoms with van der Waals surface area (Å²) in [6.07, 6.45) is 10.3. The summed E-state index contributed by atoms with van der Waals surface area (Å²) in [6, 6.07) is 0.827. The van der Waals surface area contributed by atoms with Gasteiger partial charge in [-0.05, 0) is 38.4 Å². The third kappa shape index (κ3) is 3.46. The summed E-state index contributed by atoms with van der Waals surface area (Å²) in [4.78, 5) is 2.70. The molecule has 0 spiro atoms. The zero-order valence-electron chi connectivity index (χ0n) is 10.9. The SMILES string of the molecule is CCN(CCC1CCCCC1)C1CCNC1. The van der Waals surface area contributed by atoms with Gasteiger partial charge in [-0.25, -0.2) is 0 Å². The summed E-state index contributed by atoms with van der Waals surface area (Å²) in [5.74, 6) is 1.04. The highest BCUT2D eigenvalue weighted by atomic mass is 15.2. The zero-order valence-corrected chi connectivity index (χ0v) is 10.9. The van der Waals surface area contributed by atoms with Crippen molar-refractivity contribution in [2.75, 3.05) is 26.2 Å². The maximum Gasteiger partial charge on any atom is 0.0232 e. The molecule has 0 bridgehead atoms. The van der Waals surface area contributed by atoms with E-state index in [1.54, 1.807) is 0 Å². The van der Waals surface area contributed by atoms with E-state index in [2.05, 4.69) is 17.1 Å². The zero-order chi connectivity index (χ0) is 11.2. The Labute approximate surface area is 101 Å². The summed E-state index contributed by atoms with van der Waals surface area (Å²) in [5, 5.41) is 3.48. The summed E-state index contributed by atoms with van der Waals surface area (Å²) >= 11 is 0. The fourth-order valence-electron chi connectivity index (χ4n) is 3.37. The Bertz CT molecular complexity index is 181. The molecule has 2 fully saturated rings. The lowest BCUT2D eigenvalue weighted by Gasteiger charge is -2.30. The number of hydrogen-bond acceptors (Lipinski definition) is 2. The number of nitrogens with zero attached hydrogens (tertiary/aromatic N) is 1. The number of rotatable bonds is 5. The second-order valence-corrected chi connectivity index (χ2v) is 5.57. The molecule has 0 radical (unpaired) electrons. The quantitative estimate of drug-likeness (QED) is 0.772. The molecule has 1 saturated carbocycles. The summed E-state index contributed by atoms with van der Waals surface area (Å²) in [7, 11) is 0. The van der Waals surface area contributed by atoms with E-state index in [4.69, 9.17) is 0 Å². The average molecular weight is 224 g/mol. The first kappa shape index (κ1) is 12.4. The van der Waals surface area contributed by atoms with Gasteiger partial charge >= 0.3 is 0 Å². The fraction of sp³-hybridized carbons (Fsp3) is 1.00. The molecule has 0 aromatic carbocycles. The first-order chi connectivity index (χ1) is 7.90. The van der Waals surface area contributed by atoms with Crippen molar-refractivity contribution in [1.29, 1.82) is 0 Å². The molecule has 1 N–H and O–H groups in total. The Morgan fingerprint density at radius 3 is 2.56 bits per heavy atom. The number of hydrogen-bond donors (Lipinski definition) is 1. The molecule has 2 aliphatic rings. The third-order valence-corrected chi connectivity index (χ3v) is 4.51. The van der Waals surface area contributed by atoms with Crippen LogP contribution in [0.4, 0.5) is 0 Å². The van der Waals surface area contributed by atoms with Crippen LogP contribution >= 0.6 is 0 Å². The highest BCUT2D eigenvalue weighted by Crippen LogP contribution is 2.26. The van der Waals surface area contributed by atoms with E-state index in [0.29, 0.717) is 0 Å². The highest BCUT2D eigenvalue weighted by Gasteiger charge is 2.22. The molecule has 1 atom stereocenters. The van der Waals surface area contributed by atoms with Crippen LogP contribution in [0, 0.1) is 5.92 Å². The minimum atomic E-state index is 0.827. The van der Waals surface area contributed by atoms with Crippen LogP contribution in [0.3, 0.4) is 0 Å². The average Bonchev–Trinajstić information content (AvgIpc) is 2.85. The van der Waals surface area contributed by atoms with Gasteiger partial charge in [-0.1, -0.05) is 39.0 Å². The predicted octanol–water partition coefficient (Wildman–Crippen LogP) is 2.64. The van der Waals surface area contributed by atoms with Gasteiger partial charge < -0.3 is 5.32 Å². The molecular weight excluding hydrogens is 196 g/mol. The summed E-state index contributed by atoms with van der Waals surface area (Å²) in [6.45, 7) is 7.34. The normalized spacial score (nSPS) is 27.8. The molecule has 2 heteroatoms. The summed E-state index contributed by atoms with van der Waals surface area (Å²) < 4.78 is 0. The van der Waals surface area contributed by atoms with Gasteiger partial charge in [-0.2, -0.15) is 0 Å². The highest BCUT2D eigenvalue weighted by molar-refractivity contribution is 4.80. The van der Waals surface area contributed by atoms with Gasteiger partial charge in [0.1, 0.15) is 0 Å². The van der Waals surface area contributed by atoms with E-state index in [9.17, 15) is 0 Å². The van der Waals surface area contributed by atoms with Gasteiger partial charge in [0.25, 0.3) is 0 Å². The van der Waals surface area contributed by atoms with Gasteiger partial charge in [0.05, 0.1) is 0 Å². The summed E-state index contributed by atoms with van der Waals surface area (Å²) in [5.41, 5.74) is 0. The molecule has 0 amide bonds. The lowest BCUT2D eigenvalue weighted by molar-refractivity contribution is 0.192. The van der Waals surface area contributed by atoms with Crippen molar-refractivity contribution in [1.82, 2.24) is 10.2 Å². The van der Waals surface area contributed by atoms with E-state index in [1.165, 1.54) is 71.1 Å². The molecule has 94 valence electrons. The van der Waals surface area contributed by atoms with Crippen LogP contribution in [-0.2, 0) is 0 Å². The molecule has 0 aromatic rings. The molecule has 1 aliphatic heterocycles. The second kappa shape index (κ2) is 6.61. The molecule has 1 heterocycles. The lowest BCUT2D eigenvalue weighted by atomic mass is 9.87. The van der Waals surface area contributed by atoms with Crippen molar-refractivity contribution in [3.8, 4) is 0 Å². The first-order valence-corrected chi connectivity index (χ1v) is 7.35. The van der Waals surface area contributed by atoms with Crippen LogP contribution in [0.25, 0.3) is 0 Å². The molecule has 16 heavy (non-hydrogen) atoms. The minimum Gasteiger partial charge on any atom is -0.315 e. The smallest absolute Gasteiger partial charge is 0.0232 e. The predicted molar refractivity (Wildman–Crippen MR) is 69.7 cm³/mol. The van der Waals surface area contributed by atoms with Crippen LogP contribution in [0.15, 0.2) is 0 Å². The van der Waals surface area contributed by atoms with Crippen LogP contribution < -0.4 is 5.32 Å². The maximum atomic E-state index is 3.48. The van der Waals surface area contributed by atoms with Crippen LogP contribution in [0.5, 0.6) is 0 Å². The fourth-order valence-corrected chi connectivity index (χ4v) is 3.37. The van der Waals surface area contributed by atoms with E-state index >= 15 is 0 Å². The Hall–Kier alpha value is -0.0800. The Morgan fingerprint density at radius 1 is 1.12 bits per heavy atom. The van der Waals surface area contributed by atoms with E-state index in [1.807, 2.05) is 0 Å². The Morgan fingerprint density at radius 2 is 1.94 bits per heavy atom. The van der Waals surface area contributed by atoms with Crippen molar-refractivity contribution in [3.63, 3.8) is 0 Å². The van der Waals surface area contributed by atoms with Crippen molar-refractivity contribution in [2.45, 2.75) is 57.9 Å². The monoisotopic (exact) mass is 224 g/mol. The molecule has 2 nitrogen and oxygen atoms in total. The molecule has 1 aliphatic carbocycles. The minimum absolute atomic E-state index is 0.827. The second-order valence-electron chi connectivity index (χ2n) is 5.57. The van der Waals surface area contributed by atoms with Crippen molar-refractivity contribution in [2.24, 2.45) is 5.92 Å². The van der Waals surface area contributed by atoms with Gasteiger partial charge in [0.2, 0.25) is 0 Å². The van der Waals surface area contributed by atoms with E-state index in [0.717, 1.165) is 12.0 Å². The number of nitrogens with one attached hydrogen (secondary N) is 1. The van der Waals surface area contributed by atoms with Gasteiger partial charge in [0.15, 0.2) is 0 Å². The standard InChI is InChI=1S/C14H28N2/c1-2-16(14-8-10-15-12-14)11-9-13-6-4-3-5-7-13/h13-15H,2-12H2,1H3. The molecule has 1 saturated heterocycles. The van der Waals surface area contributed by atoms with Gasteiger partial charge in [-0.3, -0.25) is 4.90 Å².